The van der Waals surface area contributed by atoms with Crippen molar-refractivity contribution < 1.29 is 9.13 Å². The van der Waals surface area contributed by atoms with Crippen LogP contribution in [0, 0.1) is 0 Å². The maximum Gasteiger partial charge on any atom is 0.159 e. The molecule has 32 heavy (non-hydrogen) atoms. The molecule has 3 nitrogen and oxygen atoms in total. The standard InChI is InChI=1S/C28H43FN2O/c1-3-5-7-9-10-11-12-13-15-24-21-30-28(31-22-24)25-17-19-27(20-18-25)32-23-26(29)16-14-8-6-4-2/h17-22,26H,3-16,23H2,1-2H3/t26-/m0/s1. The number of alkyl halides is 1. The number of benzene rings is 1. The maximum atomic E-state index is 13.9. The Balaban J connectivity index is 1.67. The predicted octanol–water partition coefficient (Wildman–Crippen LogP) is 8.51. The van der Waals surface area contributed by atoms with Crippen LogP contribution < -0.4 is 4.74 Å². The van der Waals surface area contributed by atoms with E-state index < -0.39 is 6.17 Å². The molecule has 0 aliphatic heterocycles. The Hall–Kier alpha value is -1.97. The molecule has 0 fully saturated rings. The van der Waals surface area contributed by atoms with E-state index >= 15 is 0 Å². The highest BCUT2D eigenvalue weighted by molar-refractivity contribution is 5.55. The smallest absolute Gasteiger partial charge is 0.159 e. The van der Waals surface area contributed by atoms with Crippen molar-refractivity contribution in [2.24, 2.45) is 0 Å². The molecule has 1 aromatic heterocycles. The maximum absolute atomic E-state index is 13.9. The summed E-state index contributed by atoms with van der Waals surface area (Å²) in [4.78, 5) is 9.08. The molecule has 1 aromatic carbocycles. The van der Waals surface area contributed by atoms with Gasteiger partial charge in [-0.05, 0) is 49.1 Å². The van der Waals surface area contributed by atoms with Gasteiger partial charge in [0.15, 0.2) is 5.82 Å². The number of hydrogen-bond acceptors (Lipinski definition) is 3. The van der Waals surface area contributed by atoms with Crippen LogP contribution in [0.3, 0.4) is 0 Å². The summed E-state index contributed by atoms with van der Waals surface area (Å²) in [5.41, 5.74) is 2.15. The van der Waals surface area contributed by atoms with Crippen molar-refractivity contribution in [2.45, 2.75) is 110 Å². The summed E-state index contributed by atoms with van der Waals surface area (Å²) in [5.74, 6) is 1.41. The number of ether oxygens (including phenoxy) is 1. The van der Waals surface area contributed by atoms with E-state index in [-0.39, 0.29) is 6.61 Å². The van der Waals surface area contributed by atoms with Gasteiger partial charge < -0.3 is 4.74 Å². The average Bonchev–Trinajstić information content (AvgIpc) is 2.83. The van der Waals surface area contributed by atoms with E-state index in [1.165, 1.54) is 69.8 Å². The lowest BCUT2D eigenvalue weighted by molar-refractivity contribution is 0.184. The zero-order valence-electron chi connectivity index (χ0n) is 20.3. The molecule has 0 unspecified atom stereocenters. The fourth-order valence-electron chi connectivity index (χ4n) is 3.86. The number of unbranched alkanes of at least 4 members (excludes halogenated alkanes) is 10. The van der Waals surface area contributed by atoms with Crippen LogP contribution in [0.4, 0.5) is 4.39 Å². The molecule has 0 aliphatic rings. The first-order valence-electron chi connectivity index (χ1n) is 12.9. The van der Waals surface area contributed by atoms with Crippen LogP contribution in [-0.2, 0) is 6.42 Å². The van der Waals surface area contributed by atoms with Gasteiger partial charge in [-0.1, -0.05) is 84.5 Å². The summed E-state index contributed by atoms with van der Waals surface area (Å²) < 4.78 is 19.6. The lowest BCUT2D eigenvalue weighted by atomic mass is 10.1. The van der Waals surface area contributed by atoms with Crippen LogP contribution in [0.25, 0.3) is 11.4 Å². The number of halogens is 1. The fraction of sp³-hybridized carbons (Fsp3) is 0.643. The van der Waals surface area contributed by atoms with E-state index in [4.69, 9.17) is 4.74 Å². The minimum atomic E-state index is -0.900. The fourth-order valence-corrected chi connectivity index (χ4v) is 3.86. The number of nitrogens with zero attached hydrogens (tertiary/aromatic N) is 2. The van der Waals surface area contributed by atoms with Gasteiger partial charge in [-0.2, -0.15) is 0 Å². The van der Waals surface area contributed by atoms with Crippen LogP contribution in [0.1, 0.15) is 103 Å². The Kier molecular flexibility index (Phi) is 13.7. The summed E-state index contributed by atoms with van der Waals surface area (Å²) in [6.45, 7) is 4.54. The van der Waals surface area contributed by atoms with Crippen LogP contribution in [0.5, 0.6) is 5.75 Å². The van der Waals surface area contributed by atoms with Gasteiger partial charge in [-0.3, -0.25) is 0 Å². The van der Waals surface area contributed by atoms with Crippen molar-refractivity contribution in [2.75, 3.05) is 6.61 Å². The van der Waals surface area contributed by atoms with Gasteiger partial charge in [0.1, 0.15) is 18.5 Å². The van der Waals surface area contributed by atoms with Gasteiger partial charge in [0.25, 0.3) is 0 Å². The van der Waals surface area contributed by atoms with Gasteiger partial charge in [0.2, 0.25) is 0 Å². The monoisotopic (exact) mass is 442 g/mol. The van der Waals surface area contributed by atoms with E-state index in [0.717, 1.165) is 30.7 Å². The summed E-state index contributed by atoms with van der Waals surface area (Å²) in [6.07, 6.45) is 19.6. The van der Waals surface area contributed by atoms with E-state index in [1.807, 2.05) is 36.7 Å². The van der Waals surface area contributed by atoms with Crippen LogP contribution >= 0.6 is 0 Å². The molecule has 0 spiro atoms. The molecule has 0 saturated carbocycles. The third-order valence-electron chi connectivity index (χ3n) is 5.94. The third kappa shape index (κ3) is 11.1. The van der Waals surface area contributed by atoms with Crippen molar-refractivity contribution in [3.63, 3.8) is 0 Å². The second-order valence-corrected chi connectivity index (χ2v) is 8.92. The van der Waals surface area contributed by atoms with E-state index in [1.54, 1.807) is 0 Å². The minimum Gasteiger partial charge on any atom is -0.491 e. The second-order valence-electron chi connectivity index (χ2n) is 8.92. The molecule has 0 amide bonds. The highest BCUT2D eigenvalue weighted by Crippen LogP contribution is 2.20. The first-order chi connectivity index (χ1) is 15.7. The first kappa shape index (κ1) is 26.3. The Morgan fingerprint density at radius 3 is 1.94 bits per heavy atom. The second kappa shape index (κ2) is 16.6. The molecule has 1 atom stereocenters. The van der Waals surface area contributed by atoms with Crippen LogP contribution in [0.15, 0.2) is 36.7 Å². The largest absolute Gasteiger partial charge is 0.491 e. The average molecular weight is 443 g/mol. The van der Waals surface area contributed by atoms with Gasteiger partial charge in [-0.15, -0.1) is 0 Å². The van der Waals surface area contributed by atoms with Gasteiger partial charge in [-0.25, -0.2) is 14.4 Å². The molecule has 2 rings (SSSR count). The summed E-state index contributed by atoms with van der Waals surface area (Å²) in [6, 6.07) is 7.63. The highest BCUT2D eigenvalue weighted by Gasteiger charge is 2.08. The van der Waals surface area contributed by atoms with Crippen molar-refractivity contribution in [1.29, 1.82) is 0 Å². The summed E-state index contributed by atoms with van der Waals surface area (Å²) in [7, 11) is 0. The van der Waals surface area contributed by atoms with Gasteiger partial charge in [0, 0.05) is 18.0 Å². The Labute approximate surface area is 195 Å². The number of aryl methyl sites for hydroxylation is 1. The molecule has 0 radical (unpaired) electrons. The number of rotatable bonds is 18. The number of hydrogen-bond donors (Lipinski definition) is 0. The summed E-state index contributed by atoms with van der Waals surface area (Å²) in [5, 5.41) is 0. The zero-order valence-corrected chi connectivity index (χ0v) is 20.3. The molecule has 0 aliphatic carbocycles. The summed E-state index contributed by atoms with van der Waals surface area (Å²) >= 11 is 0. The Bertz CT molecular complexity index is 702. The lowest BCUT2D eigenvalue weighted by Crippen LogP contribution is -2.12. The molecule has 0 N–H and O–H groups in total. The molecule has 0 saturated heterocycles. The normalized spacial score (nSPS) is 12.1. The minimum absolute atomic E-state index is 0.120. The van der Waals surface area contributed by atoms with Gasteiger partial charge in [0.05, 0.1) is 0 Å². The van der Waals surface area contributed by atoms with Gasteiger partial charge >= 0.3 is 0 Å². The van der Waals surface area contributed by atoms with E-state index in [0.29, 0.717) is 12.2 Å². The number of aromatic nitrogens is 2. The molecule has 1 heterocycles. The highest BCUT2D eigenvalue weighted by atomic mass is 19.1. The van der Waals surface area contributed by atoms with Crippen LogP contribution in [0.2, 0.25) is 0 Å². The molecule has 178 valence electrons. The molecular formula is C28H43FN2O. The molecular weight excluding hydrogens is 399 g/mol. The Morgan fingerprint density at radius 2 is 1.31 bits per heavy atom. The molecule has 2 aromatic rings. The van der Waals surface area contributed by atoms with Crippen molar-refractivity contribution >= 4 is 0 Å². The first-order valence-corrected chi connectivity index (χ1v) is 12.9. The quantitative estimate of drug-likeness (QED) is 0.217. The SMILES string of the molecule is CCCCCCCCCCc1cnc(-c2ccc(OC[C@@H](F)CCCCCC)cc2)nc1. The topological polar surface area (TPSA) is 35.0 Å². The molecule has 0 bridgehead atoms. The van der Waals surface area contributed by atoms with Crippen molar-refractivity contribution in [3.8, 4) is 17.1 Å². The van der Waals surface area contributed by atoms with Crippen LogP contribution in [-0.4, -0.2) is 22.7 Å². The third-order valence-corrected chi connectivity index (χ3v) is 5.94. The predicted molar refractivity (Wildman–Crippen MR) is 133 cm³/mol. The Morgan fingerprint density at radius 1 is 0.750 bits per heavy atom. The lowest BCUT2D eigenvalue weighted by Gasteiger charge is -2.11. The van der Waals surface area contributed by atoms with Crippen molar-refractivity contribution in [3.05, 3.63) is 42.2 Å². The molecule has 4 heteroatoms. The van der Waals surface area contributed by atoms with E-state index in [9.17, 15) is 4.39 Å². The van der Waals surface area contributed by atoms with Crippen molar-refractivity contribution in [1.82, 2.24) is 9.97 Å². The van der Waals surface area contributed by atoms with E-state index in [2.05, 4.69) is 23.8 Å². The zero-order chi connectivity index (χ0) is 22.9.